The third-order valence-electron chi connectivity index (χ3n) is 5.56. The fourth-order valence-corrected chi connectivity index (χ4v) is 7.19. The van der Waals surface area contributed by atoms with Crippen LogP contribution in [0.25, 0.3) is 46.4 Å². The Hall–Kier alpha value is -2.75. The Morgan fingerprint density at radius 3 is 0.786 bits per heavy atom. The third kappa shape index (κ3) is 6.15. The van der Waals surface area contributed by atoms with Gasteiger partial charge in [0.1, 0.15) is 60.1 Å². The Morgan fingerprint density at radius 2 is 0.619 bits per heavy atom. The van der Waals surface area contributed by atoms with E-state index in [2.05, 4.69) is 19.9 Å². The molecule has 2 aliphatic heterocycles. The van der Waals surface area contributed by atoms with Gasteiger partial charge in [-0.25, -0.2) is 43.6 Å². The van der Waals surface area contributed by atoms with Crippen LogP contribution in [0, 0.1) is 0 Å². The summed E-state index contributed by atoms with van der Waals surface area (Å²) in [7, 11) is -21.7. The zero-order valence-corrected chi connectivity index (χ0v) is 25.1. The molecule has 42 heavy (non-hydrogen) atoms. The minimum absolute atomic E-state index is 0. The van der Waals surface area contributed by atoms with Gasteiger partial charge in [-0.15, -0.1) is 0 Å². The van der Waals surface area contributed by atoms with Gasteiger partial charge < -0.3 is 28.2 Å². The number of aromatic amines is 2. The van der Waals surface area contributed by atoms with Crippen molar-refractivity contribution in [2.75, 3.05) is 0 Å². The molecule has 8 bridgehead atoms. The Balaban J connectivity index is 0.00000242. The van der Waals surface area contributed by atoms with Crippen molar-refractivity contribution in [3.05, 3.63) is 47.0 Å². The second-order valence-corrected chi connectivity index (χ2v) is 13.4. The van der Waals surface area contributed by atoms with Crippen LogP contribution >= 0.6 is 0 Å². The van der Waals surface area contributed by atoms with Crippen LogP contribution < -0.4 is 0 Å². The normalized spacial score (nSPS) is 13.4. The summed E-state index contributed by atoms with van der Waals surface area (Å²) in [6.45, 7) is 0. The molecule has 3 aromatic heterocycles. The molecule has 0 fully saturated rings. The maximum Gasteiger partial charge on any atom is 2.00 e. The number of nitrogens with one attached hydrogen (secondary N) is 2. The van der Waals surface area contributed by atoms with Crippen LogP contribution in [0.3, 0.4) is 0 Å². The fourth-order valence-electron chi connectivity index (χ4n) is 4.15. The van der Waals surface area contributed by atoms with Gasteiger partial charge in [-0.3, -0.25) is 0 Å². The molecule has 2 N–H and O–H groups in total. The van der Waals surface area contributed by atoms with Crippen molar-refractivity contribution in [3.8, 4) is 0 Å². The van der Waals surface area contributed by atoms with Crippen LogP contribution in [-0.4, -0.2) is 71.8 Å². The molecular weight excluding hydrogens is 734 g/mol. The fraction of sp³-hybridized carbons (Fsp3) is 0. The molecule has 224 valence electrons. The smallest absolute Gasteiger partial charge is 0.744 e. The van der Waals surface area contributed by atoms with Crippen LogP contribution in [0.15, 0.2) is 43.8 Å². The molecule has 0 unspecified atom stereocenters. The van der Waals surface area contributed by atoms with Gasteiger partial charge in [0.05, 0.1) is 44.8 Å². The van der Waals surface area contributed by atoms with E-state index in [0.717, 1.165) is 48.6 Å². The average molecular weight is 744 g/mol. The number of H-pyrrole nitrogens is 2. The predicted molar refractivity (Wildman–Crippen MR) is 131 cm³/mol. The largest absolute Gasteiger partial charge is 2.00 e. The van der Waals surface area contributed by atoms with E-state index in [9.17, 15) is 51.9 Å². The number of fused-ring (bicyclic) bond motifs is 8. The standard InChI is InChI=1S/C20H14N4O12S4.2Co/c25-37(26,27)17-9-1-2-10(21-9)18(38(28,29)30)12-5-6-14(23-12)20(40(34,35)36)16-8-7-15(24-16)19(39(31,32)33)13-4-3-11(17)22-13;;/h1-8,21,24H,(H,25,26,27)(H,28,29,30)(H,31,32,33)(H,34,35,36);;/q;2*+2/p-4. The quantitative estimate of drug-likeness (QED) is 0.234. The summed E-state index contributed by atoms with van der Waals surface area (Å²) in [4.78, 5) is 7.84. The molecule has 22 heteroatoms. The van der Waals surface area contributed by atoms with Gasteiger partial charge in [-0.05, 0) is 48.6 Å². The summed E-state index contributed by atoms with van der Waals surface area (Å²) in [6.07, 6.45) is 3.53. The molecule has 2 radical (unpaired) electrons. The molecule has 5 rings (SSSR count). The summed E-state index contributed by atoms with van der Waals surface area (Å²) in [5.41, 5.74) is -4.92. The summed E-state index contributed by atoms with van der Waals surface area (Å²) < 4.78 is 146. The van der Waals surface area contributed by atoms with Gasteiger partial charge in [-0.2, -0.15) is 0 Å². The Bertz CT molecular complexity index is 2010. The molecule has 0 saturated carbocycles. The van der Waals surface area contributed by atoms with Crippen molar-refractivity contribution in [2.45, 2.75) is 19.6 Å². The molecule has 0 saturated heterocycles. The first kappa shape index (κ1) is 33.8. The zero-order valence-electron chi connectivity index (χ0n) is 19.7. The van der Waals surface area contributed by atoms with Gasteiger partial charge in [0, 0.05) is 0 Å². The number of nitrogens with zero attached hydrogens (tertiary/aromatic N) is 2. The number of hydrogen-bond acceptors (Lipinski definition) is 14. The van der Waals surface area contributed by atoms with Crippen molar-refractivity contribution < 1.29 is 85.4 Å². The molecule has 16 nitrogen and oxygen atoms in total. The Kier molecular flexibility index (Phi) is 8.90. The van der Waals surface area contributed by atoms with Crippen LogP contribution in [0.4, 0.5) is 0 Å². The zero-order chi connectivity index (χ0) is 29.4. The molecule has 3 aromatic rings. The molecule has 5 heterocycles. The maximum atomic E-state index is 12.2. The van der Waals surface area contributed by atoms with E-state index in [0.29, 0.717) is 0 Å². The van der Waals surface area contributed by atoms with Gasteiger partial charge in [0.25, 0.3) is 0 Å². The van der Waals surface area contributed by atoms with E-state index in [1.165, 1.54) is 0 Å². The summed E-state index contributed by atoms with van der Waals surface area (Å²) >= 11 is 0. The van der Waals surface area contributed by atoms with Gasteiger partial charge in [0.2, 0.25) is 0 Å². The van der Waals surface area contributed by atoms with Crippen molar-refractivity contribution in [2.24, 2.45) is 0 Å². The molecule has 0 spiro atoms. The summed E-state index contributed by atoms with van der Waals surface area (Å²) in [6, 6.07) is 3.64. The van der Waals surface area contributed by atoms with Crippen molar-refractivity contribution in [1.29, 1.82) is 0 Å². The van der Waals surface area contributed by atoms with Crippen molar-refractivity contribution in [3.63, 3.8) is 0 Å². The van der Waals surface area contributed by atoms with Crippen molar-refractivity contribution in [1.82, 2.24) is 19.9 Å². The van der Waals surface area contributed by atoms with Crippen LogP contribution in [-0.2, 0) is 74.0 Å². The second-order valence-electron chi connectivity index (χ2n) is 8.14. The Morgan fingerprint density at radius 1 is 0.429 bits per heavy atom. The number of rotatable bonds is 4. The molecule has 0 aliphatic carbocycles. The predicted octanol–water partition coefficient (Wildman–Crippen LogP) is 0.267. The first-order chi connectivity index (χ1) is 18.4. The topological polar surface area (TPSA) is 286 Å². The van der Waals surface area contributed by atoms with Crippen LogP contribution in [0.2, 0.25) is 0 Å². The van der Waals surface area contributed by atoms with Crippen molar-refractivity contribution >= 4 is 86.8 Å². The first-order valence-corrected chi connectivity index (χ1v) is 16.0. The first-order valence-electron chi connectivity index (χ1n) is 10.4. The minimum atomic E-state index is -5.42. The SMILES string of the molecule is O=S(=O)([O-])c1c2nc(c(S(=O)(=O)[O-])c3ccc([nH]3)c(S(=O)(=O)[O-])c3nc(c(S(=O)(=O)[O-])c4ccc1[nH]4)C=C3)C=C2.[Co+2].[Co+2]. The minimum Gasteiger partial charge on any atom is -0.744 e. The maximum absolute atomic E-state index is 12.2. The van der Waals surface area contributed by atoms with E-state index >= 15 is 0 Å². The van der Waals surface area contributed by atoms with Crippen LogP contribution in [0.1, 0.15) is 22.8 Å². The summed E-state index contributed by atoms with van der Waals surface area (Å²) in [5, 5.41) is 0. The van der Waals surface area contributed by atoms with E-state index in [1.807, 2.05) is 0 Å². The number of hydrogen-bond donors (Lipinski definition) is 2. The molecule has 0 atom stereocenters. The van der Waals surface area contributed by atoms with Gasteiger partial charge in [-0.1, -0.05) is 0 Å². The van der Waals surface area contributed by atoms with E-state index < -0.39 is 105 Å². The second kappa shape index (κ2) is 11.1. The van der Waals surface area contributed by atoms with Gasteiger partial charge in [0.15, 0.2) is 0 Å². The van der Waals surface area contributed by atoms with Gasteiger partial charge >= 0.3 is 33.6 Å². The molecular formula is C20H10Co2N4O12S4. The number of aromatic nitrogens is 4. The molecule has 2 aliphatic rings. The van der Waals surface area contributed by atoms with E-state index in [1.54, 1.807) is 0 Å². The summed E-state index contributed by atoms with van der Waals surface area (Å²) in [5.74, 6) is 0. The van der Waals surface area contributed by atoms with E-state index in [-0.39, 0.29) is 33.6 Å². The monoisotopic (exact) mass is 744 g/mol. The van der Waals surface area contributed by atoms with E-state index in [4.69, 9.17) is 0 Å². The molecule has 0 amide bonds. The third-order valence-corrected chi connectivity index (χ3v) is 9.28. The average Bonchev–Trinajstić information content (AvgIpc) is 3.55. The molecule has 0 aromatic carbocycles. The van der Waals surface area contributed by atoms with Crippen LogP contribution in [0.5, 0.6) is 0 Å². The Labute approximate surface area is 257 Å².